The van der Waals surface area contributed by atoms with E-state index < -0.39 is 17.5 Å². The average molecular weight is 373 g/mol. The number of amides is 3. The lowest BCUT2D eigenvalue weighted by atomic mass is 10.1. The second-order valence-corrected chi connectivity index (χ2v) is 6.09. The number of hydrogen-bond acceptors (Lipinski definition) is 3. The molecule has 2 aromatic carbocycles. The minimum atomic E-state index is -0.886. The third kappa shape index (κ3) is 4.28. The molecule has 1 heterocycles. The first-order valence-corrected chi connectivity index (χ1v) is 8.33. The molecule has 1 fully saturated rings. The van der Waals surface area contributed by atoms with Crippen molar-refractivity contribution in [1.82, 2.24) is 9.80 Å². The topological polar surface area (TPSA) is 69.7 Å². The summed E-state index contributed by atoms with van der Waals surface area (Å²) in [5, 5.41) is 2.36. The molecule has 0 aromatic heterocycles. The summed E-state index contributed by atoms with van der Waals surface area (Å²) in [7, 11) is 0. The molecule has 1 aliphatic rings. The van der Waals surface area contributed by atoms with E-state index in [0.29, 0.717) is 37.8 Å². The third-order valence-electron chi connectivity index (χ3n) is 4.30. The van der Waals surface area contributed by atoms with Gasteiger partial charge in [-0.1, -0.05) is 6.07 Å². The molecule has 3 rings (SSSR count). The first-order chi connectivity index (χ1) is 13.0. The van der Waals surface area contributed by atoms with Crippen LogP contribution in [0.4, 0.5) is 14.5 Å². The number of nitrogens with zero attached hydrogens (tertiary/aromatic N) is 2. The molecule has 140 valence electrons. The molecule has 0 spiro atoms. The predicted octanol–water partition coefficient (Wildman–Crippen LogP) is 2.13. The molecule has 6 nitrogen and oxygen atoms in total. The monoisotopic (exact) mass is 373 g/mol. The van der Waals surface area contributed by atoms with Crippen LogP contribution in [0, 0.1) is 11.6 Å². The van der Waals surface area contributed by atoms with Gasteiger partial charge >= 0.3 is 0 Å². The Kier molecular flexibility index (Phi) is 5.44. The van der Waals surface area contributed by atoms with Crippen LogP contribution in [-0.4, -0.2) is 54.2 Å². The van der Waals surface area contributed by atoms with E-state index in [1.165, 1.54) is 12.1 Å². The van der Waals surface area contributed by atoms with Gasteiger partial charge in [-0.25, -0.2) is 8.78 Å². The summed E-state index contributed by atoms with van der Waals surface area (Å²) in [5.41, 5.74) is 0.348. The highest BCUT2D eigenvalue weighted by molar-refractivity contribution is 6.06. The highest BCUT2D eigenvalue weighted by atomic mass is 19.1. The molecule has 0 unspecified atom stereocenters. The molecule has 1 aliphatic heterocycles. The Hall–Kier alpha value is -3.29. The third-order valence-corrected chi connectivity index (χ3v) is 4.30. The Balaban J connectivity index is 1.72. The number of carbonyl (C=O) groups is 3. The molecular formula is C19H17F2N3O3. The molecule has 8 heteroatoms. The predicted molar refractivity (Wildman–Crippen MR) is 94.3 cm³/mol. The summed E-state index contributed by atoms with van der Waals surface area (Å²) in [5.74, 6) is -2.49. The van der Waals surface area contributed by atoms with Crippen molar-refractivity contribution >= 4 is 23.9 Å². The first kappa shape index (κ1) is 18.5. The fourth-order valence-corrected chi connectivity index (χ4v) is 2.79. The summed E-state index contributed by atoms with van der Waals surface area (Å²) in [6.45, 7) is 1.74. The lowest BCUT2D eigenvalue weighted by Gasteiger charge is -2.32. The number of piperazine rings is 1. The number of anilines is 1. The lowest BCUT2D eigenvalue weighted by Crippen LogP contribution is -2.48. The average Bonchev–Trinajstić information content (AvgIpc) is 2.69. The highest BCUT2D eigenvalue weighted by Crippen LogP contribution is 2.17. The number of hydrogen-bond donors (Lipinski definition) is 1. The van der Waals surface area contributed by atoms with Crippen LogP contribution >= 0.6 is 0 Å². The standard InChI is InChI=1S/C19H17F2N3O3/c20-15-4-5-17(16(21)11-15)22-18(26)13-2-1-3-14(10-13)19(27)24-8-6-23(12-25)7-9-24/h1-5,10-12H,6-9H2,(H,22,26). The van der Waals surface area contributed by atoms with Crippen molar-refractivity contribution in [3.8, 4) is 0 Å². The van der Waals surface area contributed by atoms with Crippen molar-refractivity contribution in [3.63, 3.8) is 0 Å². The largest absolute Gasteiger partial charge is 0.342 e. The maximum atomic E-state index is 13.7. The van der Waals surface area contributed by atoms with Crippen LogP contribution in [-0.2, 0) is 4.79 Å². The summed E-state index contributed by atoms with van der Waals surface area (Å²) in [6.07, 6.45) is 0.751. The molecular weight excluding hydrogens is 356 g/mol. The second-order valence-electron chi connectivity index (χ2n) is 6.09. The van der Waals surface area contributed by atoms with Gasteiger partial charge in [0.1, 0.15) is 11.6 Å². The Labute approximate surface area is 154 Å². The van der Waals surface area contributed by atoms with E-state index in [1.54, 1.807) is 21.9 Å². The van der Waals surface area contributed by atoms with Crippen LogP contribution in [0.1, 0.15) is 20.7 Å². The minimum Gasteiger partial charge on any atom is -0.342 e. The van der Waals surface area contributed by atoms with Crippen molar-refractivity contribution < 1.29 is 23.2 Å². The van der Waals surface area contributed by atoms with Gasteiger partial charge in [0.15, 0.2) is 0 Å². The number of benzene rings is 2. The van der Waals surface area contributed by atoms with Crippen molar-refractivity contribution in [2.45, 2.75) is 0 Å². The maximum Gasteiger partial charge on any atom is 0.255 e. The first-order valence-electron chi connectivity index (χ1n) is 8.33. The van der Waals surface area contributed by atoms with Crippen molar-refractivity contribution in [2.75, 3.05) is 31.5 Å². The van der Waals surface area contributed by atoms with E-state index in [4.69, 9.17) is 0 Å². The van der Waals surface area contributed by atoms with Gasteiger partial charge in [0.2, 0.25) is 6.41 Å². The zero-order chi connectivity index (χ0) is 19.4. The fourth-order valence-electron chi connectivity index (χ4n) is 2.79. The summed E-state index contributed by atoms with van der Waals surface area (Å²) in [4.78, 5) is 38.9. The van der Waals surface area contributed by atoms with Crippen LogP contribution in [0.2, 0.25) is 0 Å². The van der Waals surface area contributed by atoms with Crippen molar-refractivity contribution in [3.05, 3.63) is 65.2 Å². The van der Waals surface area contributed by atoms with Crippen LogP contribution in [0.5, 0.6) is 0 Å². The Morgan fingerprint density at radius 3 is 2.33 bits per heavy atom. The molecule has 1 N–H and O–H groups in total. The Morgan fingerprint density at radius 1 is 0.963 bits per heavy atom. The van der Waals surface area contributed by atoms with Crippen LogP contribution in [0.3, 0.4) is 0 Å². The molecule has 0 saturated carbocycles. The molecule has 0 radical (unpaired) electrons. The van der Waals surface area contributed by atoms with Gasteiger partial charge in [-0.2, -0.15) is 0 Å². The molecule has 0 aliphatic carbocycles. The maximum absolute atomic E-state index is 13.7. The lowest BCUT2D eigenvalue weighted by molar-refractivity contribution is -0.119. The Morgan fingerprint density at radius 2 is 1.67 bits per heavy atom. The summed E-state index contributed by atoms with van der Waals surface area (Å²) < 4.78 is 26.6. The fraction of sp³-hybridized carbons (Fsp3) is 0.211. The van der Waals surface area contributed by atoms with Gasteiger partial charge in [0.05, 0.1) is 5.69 Å². The molecule has 3 amide bonds. The van der Waals surface area contributed by atoms with E-state index in [0.717, 1.165) is 18.5 Å². The summed E-state index contributed by atoms with van der Waals surface area (Å²) in [6, 6.07) is 8.91. The van der Waals surface area contributed by atoms with Gasteiger partial charge in [-0.05, 0) is 30.3 Å². The van der Waals surface area contributed by atoms with E-state index >= 15 is 0 Å². The van der Waals surface area contributed by atoms with Crippen LogP contribution in [0.25, 0.3) is 0 Å². The highest BCUT2D eigenvalue weighted by Gasteiger charge is 2.22. The zero-order valence-electron chi connectivity index (χ0n) is 14.3. The number of carbonyl (C=O) groups excluding carboxylic acids is 3. The normalized spacial score (nSPS) is 14.0. The molecule has 0 atom stereocenters. The van der Waals surface area contributed by atoms with Crippen LogP contribution < -0.4 is 5.32 Å². The quantitative estimate of drug-likeness (QED) is 0.835. The molecule has 2 aromatic rings. The van der Waals surface area contributed by atoms with Gasteiger partial charge < -0.3 is 15.1 Å². The van der Waals surface area contributed by atoms with E-state index in [1.807, 2.05) is 0 Å². The number of rotatable bonds is 4. The number of nitrogens with one attached hydrogen (secondary N) is 1. The zero-order valence-corrected chi connectivity index (χ0v) is 14.3. The molecule has 0 bridgehead atoms. The van der Waals surface area contributed by atoms with Crippen molar-refractivity contribution in [2.24, 2.45) is 0 Å². The van der Waals surface area contributed by atoms with Crippen LogP contribution in [0.15, 0.2) is 42.5 Å². The summed E-state index contributed by atoms with van der Waals surface area (Å²) >= 11 is 0. The van der Waals surface area contributed by atoms with Gasteiger partial charge in [-0.15, -0.1) is 0 Å². The Bertz CT molecular complexity index is 880. The second kappa shape index (κ2) is 7.94. The van der Waals surface area contributed by atoms with E-state index in [2.05, 4.69) is 5.32 Å². The van der Waals surface area contributed by atoms with Gasteiger partial charge in [-0.3, -0.25) is 14.4 Å². The van der Waals surface area contributed by atoms with Crippen molar-refractivity contribution in [1.29, 1.82) is 0 Å². The SMILES string of the molecule is O=CN1CCN(C(=O)c2cccc(C(=O)Nc3ccc(F)cc3F)c2)CC1. The molecule has 27 heavy (non-hydrogen) atoms. The van der Waals surface area contributed by atoms with E-state index in [9.17, 15) is 23.2 Å². The smallest absolute Gasteiger partial charge is 0.255 e. The number of halogens is 2. The van der Waals surface area contributed by atoms with E-state index in [-0.39, 0.29) is 17.2 Å². The molecule has 1 saturated heterocycles. The minimum absolute atomic E-state index is 0.150. The van der Waals surface area contributed by atoms with Gasteiger partial charge in [0.25, 0.3) is 11.8 Å². The van der Waals surface area contributed by atoms with Gasteiger partial charge in [0, 0.05) is 43.4 Å².